The minimum Gasteiger partial charge on any atom is -0.512 e. The number of hydrogen-bond acceptors (Lipinski definition) is 2. The molecule has 4 atom stereocenters. The van der Waals surface area contributed by atoms with Gasteiger partial charge >= 0.3 is 0 Å². The van der Waals surface area contributed by atoms with Crippen molar-refractivity contribution < 1.29 is 10.2 Å². The summed E-state index contributed by atoms with van der Waals surface area (Å²) in [6.07, 6.45) is 18.3. The van der Waals surface area contributed by atoms with Crippen molar-refractivity contribution >= 4 is 0 Å². The quantitative estimate of drug-likeness (QED) is 0.392. The first-order valence-electron chi connectivity index (χ1n) is 11.7. The van der Waals surface area contributed by atoms with Crippen LogP contribution in [0.3, 0.4) is 0 Å². The van der Waals surface area contributed by atoms with Crippen LogP contribution in [0.4, 0.5) is 0 Å². The van der Waals surface area contributed by atoms with Crippen LogP contribution in [-0.4, -0.2) is 16.3 Å². The van der Waals surface area contributed by atoms with Crippen molar-refractivity contribution in [1.29, 1.82) is 0 Å². The number of hydrogen-bond donors (Lipinski definition) is 2. The second-order valence-corrected chi connectivity index (χ2v) is 9.80. The number of unbranched alkanes of at least 4 members (excludes halogenated alkanes) is 4. The van der Waals surface area contributed by atoms with Crippen LogP contribution < -0.4 is 0 Å². The van der Waals surface area contributed by atoms with Crippen LogP contribution in [0.15, 0.2) is 23.5 Å². The molecule has 2 aliphatic rings. The lowest BCUT2D eigenvalue weighted by atomic mass is 9.66. The van der Waals surface area contributed by atoms with Gasteiger partial charge in [0.05, 0.1) is 11.9 Å². The highest BCUT2D eigenvalue weighted by Crippen LogP contribution is 2.45. The van der Waals surface area contributed by atoms with E-state index in [1.807, 2.05) is 0 Å². The lowest BCUT2D eigenvalue weighted by Gasteiger charge is -2.40. The molecule has 1 fully saturated rings. The molecule has 2 N–H and O–H groups in total. The summed E-state index contributed by atoms with van der Waals surface area (Å²) in [5, 5.41) is 21.2. The highest BCUT2D eigenvalue weighted by Gasteiger charge is 2.38. The minimum absolute atomic E-state index is 0.139. The maximum Gasteiger partial charge on any atom is 0.0962 e. The third-order valence-corrected chi connectivity index (χ3v) is 7.18. The predicted molar refractivity (Wildman–Crippen MR) is 116 cm³/mol. The maximum absolute atomic E-state index is 10.9. The molecule has 0 aromatic carbocycles. The van der Waals surface area contributed by atoms with Gasteiger partial charge in [0.1, 0.15) is 0 Å². The molecule has 0 amide bonds. The normalized spacial score (nSPS) is 29.4. The first kappa shape index (κ1) is 22.5. The zero-order valence-electron chi connectivity index (χ0n) is 18.3. The van der Waals surface area contributed by atoms with E-state index in [-0.39, 0.29) is 17.4 Å². The average molecular weight is 377 g/mol. The Morgan fingerprint density at radius 2 is 1.78 bits per heavy atom. The number of aliphatic hydroxyl groups is 2. The number of aliphatic hydroxyl groups excluding tert-OH is 2. The Morgan fingerprint density at radius 3 is 2.44 bits per heavy atom. The van der Waals surface area contributed by atoms with Crippen molar-refractivity contribution in [2.45, 2.75) is 111 Å². The Hall–Kier alpha value is -0.760. The van der Waals surface area contributed by atoms with E-state index in [1.165, 1.54) is 56.9 Å². The van der Waals surface area contributed by atoms with Crippen molar-refractivity contribution in [2.75, 3.05) is 0 Å². The second-order valence-electron chi connectivity index (χ2n) is 9.80. The summed E-state index contributed by atoms with van der Waals surface area (Å²) in [6, 6.07) is 0. The highest BCUT2D eigenvalue weighted by atomic mass is 16.3. The zero-order valence-corrected chi connectivity index (χ0v) is 18.3. The first-order chi connectivity index (χ1) is 12.9. The fourth-order valence-electron chi connectivity index (χ4n) is 5.27. The molecule has 2 aliphatic carbocycles. The summed E-state index contributed by atoms with van der Waals surface area (Å²) in [6.45, 7) is 9.15. The van der Waals surface area contributed by atoms with E-state index >= 15 is 0 Å². The summed E-state index contributed by atoms with van der Waals surface area (Å²) < 4.78 is 0. The molecular formula is C25H44O2. The Morgan fingerprint density at radius 1 is 1.04 bits per heavy atom. The molecule has 0 spiro atoms. The molecule has 156 valence electrons. The minimum atomic E-state index is -0.180. The lowest BCUT2D eigenvalue weighted by Crippen LogP contribution is -2.35. The van der Waals surface area contributed by atoms with Gasteiger partial charge in [-0.05, 0) is 61.0 Å². The molecule has 2 heteroatoms. The fraction of sp³-hybridized carbons (Fsp3) is 0.840. The van der Waals surface area contributed by atoms with Crippen LogP contribution in [0.5, 0.6) is 0 Å². The predicted octanol–water partition coefficient (Wildman–Crippen LogP) is 7.34. The molecule has 0 bridgehead atoms. The van der Waals surface area contributed by atoms with E-state index in [9.17, 15) is 10.2 Å². The molecule has 2 rings (SSSR count). The summed E-state index contributed by atoms with van der Waals surface area (Å²) in [5.41, 5.74) is 1.45. The largest absolute Gasteiger partial charge is 0.512 e. The average Bonchev–Trinajstić information content (AvgIpc) is 2.64. The molecule has 0 saturated heterocycles. The molecule has 0 aromatic heterocycles. The van der Waals surface area contributed by atoms with Gasteiger partial charge in [-0.1, -0.05) is 78.7 Å². The van der Waals surface area contributed by atoms with Gasteiger partial charge in [0.25, 0.3) is 0 Å². The van der Waals surface area contributed by atoms with Crippen molar-refractivity contribution in [1.82, 2.24) is 0 Å². The van der Waals surface area contributed by atoms with Gasteiger partial charge in [0.15, 0.2) is 0 Å². The third kappa shape index (κ3) is 6.38. The smallest absolute Gasteiger partial charge is 0.0962 e. The second kappa shape index (κ2) is 10.7. The summed E-state index contributed by atoms with van der Waals surface area (Å²) in [7, 11) is 0. The summed E-state index contributed by atoms with van der Waals surface area (Å²) in [5.74, 6) is 1.88. The molecule has 0 aliphatic heterocycles. The van der Waals surface area contributed by atoms with Crippen molar-refractivity contribution in [2.24, 2.45) is 23.2 Å². The van der Waals surface area contributed by atoms with Gasteiger partial charge in [0, 0.05) is 5.92 Å². The third-order valence-electron chi connectivity index (χ3n) is 7.18. The van der Waals surface area contributed by atoms with Crippen LogP contribution in [0.25, 0.3) is 0 Å². The van der Waals surface area contributed by atoms with Crippen LogP contribution in [0.1, 0.15) is 105 Å². The van der Waals surface area contributed by atoms with Crippen LogP contribution >= 0.6 is 0 Å². The molecule has 0 aromatic rings. The fourth-order valence-corrected chi connectivity index (χ4v) is 5.27. The zero-order chi connectivity index (χ0) is 19.9. The van der Waals surface area contributed by atoms with E-state index in [4.69, 9.17) is 0 Å². The Kier molecular flexibility index (Phi) is 8.92. The molecule has 27 heavy (non-hydrogen) atoms. The van der Waals surface area contributed by atoms with Gasteiger partial charge in [-0.3, -0.25) is 0 Å². The van der Waals surface area contributed by atoms with E-state index in [0.29, 0.717) is 17.6 Å². The van der Waals surface area contributed by atoms with E-state index in [0.717, 1.165) is 25.7 Å². The van der Waals surface area contributed by atoms with E-state index in [1.54, 1.807) is 0 Å². The molecule has 1 unspecified atom stereocenters. The van der Waals surface area contributed by atoms with Crippen molar-refractivity contribution in [3.8, 4) is 0 Å². The first-order valence-corrected chi connectivity index (χ1v) is 11.7. The number of rotatable bonds is 10. The lowest BCUT2D eigenvalue weighted by molar-refractivity contribution is 0.0367. The van der Waals surface area contributed by atoms with Gasteiger partial charge in [0.2, 0.25) is 0 Å². The van der Waals surface area contributed by atoms with Gasteiger partial charge < -0.3 is 10.2 Å². The molecule has 0 heterocycles. The van der Waals surface area contributed by atoms with E-state index < -0.39 is 0 Å². The molecule has 1 saturated carbocycles. The van der Waals surface area contributed by atoms with Crippen LogP contribution in [-0.2, 0) is 0 Å². The van der Waals surface area contributed by atoms with Crippen LogP contribution in [0, 0.1) is 23.2 Å². The Labute approximate surface area is 168 Å². The molecule has 2 nitrogen and oxygen atoms in total. The highest BCUT2D eigenvalue weighted by molar-refractivity contribution is 5.32. The Balaban J connectivity index is 2.02. The van der Waals surface area contributed by atoms with Gasteiger partial charge in [-0.15, -0.1) is 0 Å². The standard InChI is InChI=1S/C25H44O2/c1-5-7-9-10-16-25(3,4)20-13-15-22(24(27)17-20)23-18-21(26)14-12-19(23)11-8-6-2/h13,17,19,21-23,26-27H,5-12,14-16,18H2,1-4H3/t19-,21+,22?,23+/m0/s1. The maximum atomic E-state index is 10.9. The molecule has 0 radical (unpaired) electrons. The van der Waals surface area contributed by atoms with Gasteiger partial charge in [-0.2, -0.15) is 0 Å². The van der Waals surface area contributed by atoms with Crippen molar-refractivity contribution in [3.05, 3.63) is 23.5 Å². The SMILES string of the molecule is CCCCCCC(C)(C)C1=CCC([C@@H]2C[C@H](O)CC[C@@H]2CCCC)C(O)=C1. The number of allylic oxidation sites excluding steroid dienone is 4. The topological polar surface area (TPSA) is 40.5 Å². The van der Waals surface area contributed by atoms with Gasteiger partial charge in [-0.25, -0.2) is 0 Å². The molecular weight excluding hydrogens is 332 g/mol. The summed E-state index contributed by atoms with van der Waals surface area (Å²) >= 11 is 0. The Bertz CT molecular complexity index is 500. The van der Waals surface area contributed by atoms with E-state index in [2.05, 4.69) is 39.8 Å². The van der Waals surface area contributed by atoms with Crippen molar-refractivity contribution in [3.63, 3.8) is 0 Å². The monoisotopic (exact) mass is 376 g/mol. The van der Waals surface area contributed by atoms with Crippen LogP contribution in [0.2, 0.25) is 0 Å². The summed E-state index contributed by atoms with van der Waals surface area (Å²) in [4.78, 5) is 0.